The van der Waals surface area contributed by atoms with Crippen molar-refractivity contribution in [2.45, 2.75) is 0 Å². The summed E-state index contributed by atoms with van der Waals surface area (Å²) in [5.41, 5.74) is 0. The number of rotatable bonds is 0. The maximum absolute atomic E-state index is 8.91. The molecule has 0 unspecified atom stereocenters. The zero-order valence-electron chi connectivity index (χ0n) is 2.75. The summed E-state index contributed by atoms with van der Waals surface area (Å²) in [4.78, 5) is 30.6. The van der Waals surface area contributed by atoms with Gasteiger partial charge in [-0.25, -0.2) is 0 Å². The molecule has 3 N–H and O–H groups in total. The molecule has 4 nitrogen and oxygen atoms in total. The van der Waals surface area contributed by atoms with Gasteiger partial charge in [0.25, 0.3) is 0 Å². The van der Waals surface area contributed by atoms with E-state index >= 15 is 0 Å². The molecular formula is H3O4SiZr-. The fourth-order valence-electron chi connectivity index (χ4n) is 0. The quantitative estimate of drug-likeness (QED) is 0.347. The van der Waals surface area contributed by atoms with Crippen LogP contribution in [0.3, 0.4) is 0 Å². The molecule has 0 rings (SSSR count). The van der Waals surface area contributed by atoms with Gasteiger partial charge in [0.2, 0.25) is 0 Å². The first-order valence-corrected chi connectivity index (χ1v) is 2.62. The molecule has 0 saturated carbocycles. The van der Waals surface area contributed by atoms with Crippen LogP contribution in [0, 0.1) is 0 Å². The number of hydrogen-bond donors (Lipinski definition) is 3. The van der Waals surface area contributed by atoms with Gasteiger partial charge in [0, 0.05) is 26.2 Å². The monoisotopic (exact) mass is 185 g/mol. The molecule has 0 aromatic rings. The molecule has 0 spiro atoms. The van der Waals surface area contributed by atoms with E-state index in [9.17, 15) is 0 Å². The van der Waals surface area contributed by atoms with Crippen molar-refractivity contribution in [3.8, 4) is 0 Å². The third-order valence-corrected chi connectivity index (χ3v) is 0. The summed E-state index contributed by atoms with van der Waals surface area (Å²) < 4.78 is 0. The van der Waals surface area contributed by atoms with Crippen molar-refractivity contribution in [2.75, 3.05) is 0 Å². The molecule has 0 atom stereocenters. The average Bonchev–Trinajstić information content (AvgIpc) is 0.722. The van der Waals surface area contributed by atoms with Gasteiger partial charge < -0.3 is 19.2 Å². The van der Waals surface area contributed by atoms with Crippen molar-refractivity contribution >= 4 is 9.05 Å². The van der Waals surface area contributed by atoms with Gasteiger partial charge in [0.05, 0.1) is 0 Å². The minimum atomic E-state index is -4.86. The molecule has 0 saturated heterocycles. The molecule has 0 amide bonds. The van der Waals surface area contributed by atoms with Crippen molar-refractivity contribution in [1.29, 1.82) is 0 Å². The van der Waals surface area contributed by atoms with E-state index in [0.29, 0.717) is 0 Å². The summed E-state index contributed by atoms with van der Waals surface area (Å²) in [6.45, 7) is 0. The fraction of sp³-hybridized carbons (Fsp3) is 0. The van der Waals surface area contributed by atoms with Gasteiger partial charge in [0.15, 0.2) is 0 Å². The minimum Gasteiger partial charge on any atom is -0.794 e. The third-order valence-electron chi connectivity index (χ3n) is 0. The van der Waals surface area contributed by atoms with Gasteiger partial charge >= 0.3 is 9.05 Å². The van der Waals surface area contributed by atoms with E-state index in [1.807, 2.05) is 0 Å². The SMILES string of the molecule is [O-][Si](O)(O)O.[Zr]. The summed E-state index contributed by atoms with van der Waals surface area (Å²) in [5, 5.41) is 0. The zero-order valence-corrected chi connectivity index (χ0v) is 6.21. The molecule has 6 heteroatoms. The Kier molecular flexibility index (Phi) is 5.03. The summed E-state index contributed by atoms with van der Waals surface area (Å²) in [5.74, 6) is 0. The van der Waals surface area contributed by atoms with Crippen molar-refractivity contribution in [2.24, 2.45) is 0 Å². The molecular weight excluding hydrogens is 183 g/mol. The Hall–Kier alpha value is 0.940. The van der Waals surface area contributed by atoms with Crippen LogP contribution in [-0.2, 0) is 26.2 Å². The predicted octanol–water partition coefficient (Wildman–Crippen LogP) is -3.24. The van der Waals surface area contributed by atoms with Crippen LogP contribution < -0.4 is 4.80 Å². The molecule has 0 radical (unpaired) electrons. The van der Waals surface area contributed by atoms with Gasteiger partial charge in [-0.2, -0.15) is 0 Å². The second-order valence-corrected chi connectivity index (χ2v) is 1.72. The first-order chi connectivity index (χ1) is 2.00. The second kappa shape index (κ2) is 3.01. The van der Waals surface area contributed by atoms with E-state index in [0.717, 1.165) is 0 Å². The molecule has 0 heterocycles. The molecule has 0 aliphatic rings. The van der Waals surface area contributed by atoms with E-state index in [1.165, 1.54) is 0 Å². The summed E-state index contributed by atoms with van der Waals surface area (Å²) in [6, 6.07) is 0. The Morgan fingerprint density at radius 2 is 1.17 bits per heavy atom. The predicted molar refractivity (Wildman–Crippen MR) is 12.4 cm³/mol. The van der Waals surface area contributed by atoms with Crippen molar-refractivity contribution < 1.29 is 45.4 Å². The molecule has 0 bridgehead atoms. The molecule has 0 aliphatic heterocycles. The van der Waals surface area contributed by atoms with Gasteiger partial charge in [-0.15, -0.1) is 0 Å². The average molecular weight is 186 g/mol. The molecule has 0 aliphatic carbocycles. The van der Waals surface area contributed by atoms with Gasteiger partial charge in [-0.1, -0.05) is 0 Å². The molecule has 0 fully saturated rings. The Balaban J connectivity index is 0. The molecule has 36 valence electrons. The van der Waals surface area contributed by atoms with E-state index in [1.54, 1.807) is 0 Å². The Labute approximate surface area is 54.7 Å². The summed E-state index contributed by atoms with van der Waals surface area (Å²) >= 11 is 0. The molecule has 6 heavy (non-hydrogen) atoms. The van der Waals surface area contributed by atoms with Crippen LogP contribution >= 0.6 is 0 Å². The zero-order chi connectivity index (χ0) is 4.50. The van der Waals surface area contributed by atoms with Gasteiger partial charge in [-0.3, -0.25) is 0 Å². The Morgan fingerprint density at radius 1 is 1.17 bits per heavy atom. The van der Waals surface area contributed by atoms with Crippen LogP contribution in [0.15, 0.2) is 0 Å². The largest absolute Gasteiger partial charge is 0.794 e. The first kappa shape index (κ1) is 10.0. The summed E-state index contributed by atoms with van der Waals surface area (Å²) in [7, 11) is -4.86. The van der Waals surface area contributed by atoms with Crippen LogP contribution in [-0.4, -0.2) is 23.4 Å². The van der Waals surface area contributed by atoms with Crippen LogP contribution in [0.2, 0.25) is 0 Å². The standard InChI is InChI=1S/H3O4Si.Zr/c1-5(2,3)4;/h1-3H;/q-1;. The Morgan fingerprint density at radius 3 is 1.17 bits per heavy atom. The van der Waals surface area contributed by atoms with Crippen LogP contribution in [0.1, 0.15) is 0 Å². The van der Waals surface area contributed by atoms with Gasteiger partial charge in [-0.05, 0) is 0 Å². The van der Waals surface area contributed by atoms with Crippen LogP contribution in [0.25, 0.3) is 0 Å². The fourth-order valence-corrected chi connectivity index (χ4v) is 0. The second-order valence-electron chi connectivity index (χ2n) is 0.574. The van der Waals surface area contributed by atoms with E-state index < -0.39 is 9.05 Å². The smallest absolute Gasteiger partial charge is 0.404 e. The van der Waals surface area contributed by atoms with Crippen molar-refractivity contribution in [1.82, 2.24) is 0 Å². The number of hydrogen-bond acceptors (Lipinski definition) is 4. The molecule has 0 aromatic carbocycles. The third kappa shape index (κ3) is 86.8. The van der Waals surface area contributed by atoms with Crippen molar-refractivity contribution in [3.05, 3.63) is 0 Å². The maximum Gasteiger partial charge on any atom is 0.404 e. The van der Waals surface area contributed by atoms with E-state index in [-0.39, 0.29) is 26.2 Å². The molecule has 0 aromatic heterocycles. The van der Waals surface area contributed by atoms with Crippen LogP contribution in [0.4, 0.5) is 0 Å². The Bertz CT molecular complexity index is 23.0. The summed E-state index contributed by atoms with van der Waals surface area (Å²) in [6.07, 6.45) is 0. The van der Waals surface area contributed by atoms with Crippen LogP contribution in [0.5, 0.6) is 0 Å². The van der Waals surface area contributed by atoms with Gasteiger partial charge in [0.1, 0.15) is 0 Å². The van der Waals surface area contributed by atoms with E-state index in [2.05, 4.69) is 0 Å². The van der Waals surface area contributed by atoms with Crippen molar-refractivity contribution in [3.63, 3.8) is 0 Å². The normalized spacial score (nSPS) is 10.0. The topological polar surface area (TPSA) is 83.8 Å². The van der Waals surface area contributed by atoms with E-state index in [4.69, 9.17) is 19.2 Å². The maximum atomic E-state index is 8.91. The first-order valence-electron chi connectivity index (χ1n) is 0.875. The minimum absolute atomic E-state index is 0.